The van der Waals surface area contributed by atoms with Crippen LogP contribution in [0.25, 0.3) is 11.5 Å². The summed E-state index contributed by atoms with van der Waals surface area (Å²) in [5.41, 5.74) is 2.64. The Morgan fingerprint density at radius 1 is 1.19 bits per heavy atom. The fourth-order valence-electron chi connectivity index (χ4n) is 3.83. The zero-order valence-corrected chi connectivity index (χ0v) is 19.7. The van der Waals surface area contributed by atoms with Crippen LogP contribution in [0.3, 0.4) is 0 Å². The first kappa shape index (κ1) is 24.6. The van der Waals surface area contributed by atoms with Gasteiger partial charge in [-0.1, -0.05) is 19.1 Å². The molecule has 4 rings (SSSR count). The number of rotatable bonds is 10. The van der Waals surface area contributed by atoms with E-state index in [-0.39, 0.29) is 6.42 Å². The summed E-state index contributed by atoms with van der Waals surface area (Å²) in [6.45, 7) is 3.73. The predicted octanol–water partition coefficient (Wildman–Crippen LogP) is 3.51. The largest absolute Gasteiger partial charge is 0.480 e. The van der Waals surface area contributed by atoms with Crippen molar-refractivity contribution in [3.05, 3.63) is 82.8 Å². The number of aromatic amines is 1. The number of carbonyl (C=O) groups is 2. The summed E-state index contributed by atoms with van der Waals surface area (Å²) in [6, 6.07) is 8.36. The van der Waals surface area contributed by atoms with Crippen molar-refractivity contribution in [1.29, 1.82) is 0 Å². The van der Waals surface area contributed by atoms with Gasteiger partial charge in [0, 0.05) is 29.9 Å². The molecule has 10 nitrogen and oxygen atoms in total. The normalized spacial score (nSPS) is 11.8. The number of nitrogens with zero attached hydrogens (tertiary/aromatic N) is 3. The summed E-state index contributed by atoms with van der Waals surface area (Å²) in [5, 5.41) is 23.3. The summed E-state index contributed by atoms with van der Waals surface area (Å²) in [4.78, 5) is 31.7. The van der Waals surface area contributed by atoms with Gasteiger partial charge in [-0.15, -0.1) is 10.2 Å². The van der Waals surface area contributed by atoms with Gasteiger partial charge in [-0.25, -0.2) is 14.2 Å². The van der Waals surface area contributed by atoms with E-state index in [9.17, 15) is 19.1 Å². The number of amides is 1. The van der Waals surface area contributed by atoms with E-state index in [1.54, 1.807) is 43.6 Å². The Labute approximate surface area is 206 Å². The molecule has 2 heterocycles. The maximum atomic E-state index is 13.7. The van der Waals surface area contributed by atoms with Crippen LogP contribution in [0.4, 0.5) is 10.3 Å². The van der Waals surface area contributed by atoms with E-state index in [0.717, 1.165) is 0 Å². The standard InChI is InChI=1S/C25H25FN6O4/c1-3-16-12-18(26)10-14(2)21(16)22(33)30-19(24(34)35)11-15-4-6-17(7-5-15)23-32-31-20(36-23)13-29-25-27-8-9-28-25/h4-10,12,19H,3,11,13H2,1-2H3,(H,30,33)(H,34,35)(H2,27,28,29). The van der Waals surface area contributed by atoms with Gasteiger partial charge in [-0.05, 0) is 54.3 Å². The van der Waals surface area contributed by atoms with Crippen LogP contribution in [0.15, 0.2) is 53.2 Å². The van der Waals surface area contributed by atoms with Gasteiger partial charge < -0.3 is 25.1 Å². The maximum Gasteiger partial charge on any atom is 0.326 e. The minimum atomic E-state index is -1.17. The number of hydrogen-bond acceptors (Lipinski definition) is 7. The molecule has 2 aromatic carbocycles. The van der Waals surface area contributed by atoms with E-state index >= 15 is 0 Å². The molecule has 2 aromatic heterocycles. The molecule has 0 aliphatic heterocycles. The number of carboxylic acid groups (broad SMARTS) is 1. The van der Waals surface area contributed by atoms with Crippen LogP contribution < -0.4 is 10.6 Å². The third kappa shape index (κ3) is 5.74. The molecule has 0 radical (unpaired) electrons. The molecule has 4 aromatic rings. The lowest BCUT2D eigenvalue weighted by molar-refractivity contribution is -0.139. The van der Waals surface area contributed by atoms with Crippen molar-refractivity contribution in [2.75, 3.05) is 5.32 Å². The molecular formula is C25H25FN6O4. The molecule has 4 N–H and O–H groups in total. The molecule has 1 unspecified atom stereocenters. The van der Waals surface area contributed by atoms with Gasteiger partial charge in [0.25, 0.3) is 5.91 Å². The summed E-state index contributed by atoms with van der Waals surface area (Å²) >= 11 is 0. The summed E-state index contributed by atoms with van der Waals surface area (Å²) in [5.74, 6) is -0.871. The van der Waals surface area contributed by atoms with Crippen molar-refractivity contribution in [2.24, 2.45) is 0 Å². The van der Waals surface area contributed by atoms with Gasteiger partial charge in [0.2, 0.25) is 17.7 Å². The van der Waals surface area contributed by atoms with Gasteiger partial charge in [-0.3, -0.25) is 4.79 Å². The molecule has 11 heteroatoms. The Kier molecular flexibility index (Phi) is 7.38. The number of benzene rings is 2. The fourth-order valence-corrected chi connectivity index (χ4v) is 3.83. The summed E-state index contributed by atoms with van der Waals surface area (Å²) < 4.78 is 19.4. The fraction of sp³-hybridized carbons (Fsp3) is 0.240. The molecule has 36 heavy (non-hydrogen) atoms. The Morgan fingerprint density at radius 3 is 2.64 bits per heavy atom. The van der Waals surface area contributed by atoms with Crippen LogP contribution in [0.2, 0.25) is 0 Å². The lowest BCUT2D eigenvalue weighted by Crippen LogP contribution is -2.42. The number of carbonyl (C=O) groups excluding carboxylic acids is 1. The van der Waals surface area contributed by atoms with Crippen LogP contribution in [-0.4, -0.2) is 43.2 Å². The second-order valence-electron chi connectivity index (χ2n) is 8.17. The number of hydrogen-bond donors (Lipinski definition) is 4. The third-order valence-corrected chi connectivity index (χ3v) is 5.61. The molecule has 0 fully saturated rings. The quantitative estimate of drug-likeness (QED) is 0.263. The highest BCUT2D eigenvalue weighted by atomic mass is 19.1. The van der Waals surface area contributed by atoms with E-state index < -0.39 is 23.7 Å². The number of aromatic nitrogens is 4. The van der Waals surface area contributed by atoms with Crippen LogP contribution in [-0.2, 0) is 24.2 Å². The number of nitrogens with one attached hydrogen (secondary N) is 3. The highest BCUT2D eigenvalue weighted by Crippen LogP contribution is 2.21. The van der Waals surface area contributed by atoms with Crippen LogP contribution >= 0.6 is 0 Å². The smallest absolute Gasteiger partial charge is 0.326 e. The number of H-pyrrole nitrogens is 1. The van der Waals surface area contributed by atoms with Gasteiger partial charge >= 0.3 is 5.97 Å². The molecule has 0 aliphatic carbocycles. The number of imidazole rings is 1. The van der Waals surface area contributed by atoms with Crippen molar-refractivity contribution in [3.8, 4) is 11.5 Å². The van der Waals surface area contributed by atoms with Crippen LogP contribution in [0, 0.1) is 12.7 Å². The van der Waals surface area contributed by atoms with E-state index in [2.05, 4.69) is 30.8 Å². The van der Waals surface area contributed by atoms with Gasteiger partial charge in [0.1, 0.15) is 11.9 Å². The maximum absolute atomic E-state index is 13.7. The molecule has 0 saturated carbocycles. The Morgan fingerprint density at radius 2 is 1.97 bits per heavy atom. The first-order chi connectivity index (χ1) is 17.3. The van der Waals surface area contributed by atoms with Crippen molar-refractivity contribution in [1.82, 2.24) is 25.5 Å². The van der Waals surface area contributed by atoms with Crippen molar-refractivity contribution < 1.29 is 23.5 Å². The second kappa shape index (κ2) is 10.8. The van der Waals surface area contributed by atoms with Gasteiger partial charge in [0.05, 0.1) is 6.54 Å². The van der Waals surface area contributed by atoms with E-state index in [1.807, 2.05) is 6.92 Å². The van der Waals surface area contributed by atoms with Crippen molar-refractivity contribution in [3.63, 3.8) is 0 Å². The minimum absolute atomic E-state index is 0.0607. The summed E-state index contributed by atoms with van der Waals surface area (Å²) in [7, 11) is 0. The first-order valence-electron chi connectivity index (χ1n) is 11.3. The second-order valence-corrected chi connectivity index (χ2v) is 8.17. The molecule has 0 saturated heterocycles. The van der Waals surface area contributed by atoms with E-state index in [0.29, 0.717) is 58.5 Å². The van der Waals surface area contributed by atoms with Gasteiger partial charge in [0.15, 0.2) is 0 Å². The Balaban J connectivity index is 1.42. The molecular weight excluding hydrogens is 467 g/mol. The van der Waals surface area contributed by atoms with Crippen LogP contribution in [0.5, 0.6) is 0 Å². The van der Waals surface area contributed by atoms with Crippen molar-refractivity contribution >= 4 is 17.8 Å². The Hall–Kier alpha value is -4.54. The molecule has 1 amide bonds. The topological polar surface area (TPSA) is 146 Å². The van der Waals surface area contributed by atoms with E-state index in [4.69, 9.17) is 4.42 Å². The number of anilines is 1. The zero-order valence-electron chi connectivity index (χ0n) is 19.7. The number of halogens is 1. The first-order valence-corrected chi connectivity index (χ1v) is 11.3. The molecule has 0 aliphatic rings. The van der Waals surface area contributed by atoms with Crippen molar-refractivity contribution in [2.45, 2.75) is 39.3 Å². The average Bonchev–Trinajstić information content (AvgIpc) is 3.54. The monoisotopic (exact) mass is 492 g/mol. The minimum Gasteiger partial charge on any atom is -0.480 e. The molecule has 1 atom stereocenters. The van der Waals surface area contributed by atoms with Crippen LogP contribution in [0.1, 0.15) is 39.9 Å². The third-order valence-electron chi connectivity index (χ3n) is 5.61. The number of carboxylic acids is 1. The Bertz CT molecular complexity index is 1350. The molecule has 0 spiro atoms. The predicted molar refractivity (Wildman–Crippen MR) is 129 cm³/mol. The molecule has 0 bridgehead atoms. The number of aryl methyl sites for hydroxylation is 2. The van der Waals surface area contributed by atoms with E-state index in [1.165, 1.54) is 12.1 Å². The van der Waals surface area contributed by atoms with Gasteiger partial charge in [-0.2, -0.15) is 0 Å². The average molecular weight is 493 g/mol. The summed E-state index contributed by atoms with van der Waals surface area (Å²) in [6.07, 6.45) is 3.81. The zero-order chi connectivity index (χ0) is 25.7. The highest BCUT2D eigenvalue weighted by Gasteiger charge is 2.24. The lowest BCUT2D eigenvalue weighted by Gasteiger charge is -2.17. The highest BCUT2D eigenvalue weighted by molar-refractivity contribution is 5.99. The lowest BCUT2D eigenvalue weighted by atomic mass is 9.98. The number of aliphatic carboxylic acids is 1. The molecule has 186 valence electrons. The SMILES string of the molecule is CCc1cc(F)cc(C)c1C(=O)NC(Cc1ccc(-c2nnc(CNc3ncc[nH]3)o2)cc1)C(=O)O.